The molecule has 1 rings (SSSR count). The van der Waals surface area contributed by atoms with Crippen molar-refractivity contribution in [3.63, 3.8) is 0 Å². The van der Waals surface area contributed by atoms with E-state index in [1.807, 2.05) is 49.4 Å². The van der Waals surface area contributed by atoms with Gasteiger partial charge in [0.1, 0.15) is 0 Å². The maximum atomic E-state index is 9.79. The number of aliphatic hydroxyl groups is 2. The summed E-state index contributed by atoms with van der Waals surface area (Å²) in [7, 11) is 0. The molecule has 0 aliphatic rings. The molecule has 0 unspecified atom stereocenters. The van der Waals surface area contributed by atoms with Gasteiger partial charge in [0.25, 0.3) is 0 Å². The van der Waals surface area contributed by atoms with Crippen molar-refractivity contribution in [2.24, 2.45) is 0 Å². The summed E-state index contributed by atoms with van der Waals surface area (Å²) in [6, 6.07) is 9.90. The van der Waals surface area contributed by atoms with Crippen molar-refractivity contribution >= 4 is 6.08 Å². The Labute approximate surface area is 103 Å². The molecule has 1 atom stereocenters. The van der Waals surface area contributed by atoms with Crippen LogP contribution in [0.5, 0.6) is 0 Å². The first-order chi connectivity index (χ1) is 8.22. The highest BCUT2D eigenvalue weighted by molar-refractivity contribution is 5.49. The van der Waals surface area contributed by atoms with Crippen LogP contribution in [0.25, 0.3) is 6.08 Å². The summed E-state index contributed by atoms with van der Waals surface area (Å²) in [5.74, 6) is 0. The van der Waals surface area contributed by atoms with Crippen molar-refractivity contribution in [2.75, 3.05) is 6.61 Å². The molecule has 0 amide bonds. The molecule has 0 heterocycles. The summed E-state index contributed by atoms with van der Waals surface area (Å²) < 4.78 is 0. The van der Waals surface area contributed by atoms with E-state index in [0.29, 0.717) is 12.8 Å². The average Bonchev–Trinajstić information content (AvgIpc) is 2.35. The van der Waals surface area contributed by atoms with Crippen LogP contribution < -0.4 is 0 Å². The number of hydrogen-bond acceptors (Lipinski definition) is 2. The Bertz CT molecular complexity index is 366. The Morgan fingerprint density at radius 3 is 2.65 bits per heavy atom. The van der Waals surface area contributed by atoms with Crippen LogP contribution in [0.4, 0.5) is 0 Å². The van der Waals surface area contributed by atoms with Crippen LogP contribution in [0.2, 0.25) is 0 Å². The molecule has 0 radical (unpaired) electrons. The van der Waals surface area contributed by atoms with Crippen LogP contribution in [0.3, 0.4) is 0 Å². The first kappa shape index (κ1) is 13.7. The zero-order chi connectivity index (χ0) is 12.5. The van der Waals surface area contributed by atoms with Crippen molar-refractivity contribution < 1.29 is 10.2 Å². The van der Waals surface area contributed by atoms with Crippen molar-refractivity contribution in [3.8, 4) is 0 Å². The first-order valence-corrected chi connectivity index (χ1v) is 5.90. The van der Waals surface area contributed by atoms with Gasteiger partial charge in [-0.05, 0) is 25.3 Å². The Balaban J connectivity index is 2.44. The summed E-state index contributed by atoms with van der Waals surface area (Å²) in [4.78, 5) is 0. The molecular formula is C15H20O2. The molecule has 0 saturated heterocycles. The van der Waals surface area contributed by atoms with Gasteiger partial charge in [-0.2, -0.15) is 0 Å². The summed E-state index contributed by atoms with van der Waals surface area (Å²) in [5, 5.41) is 18.5. The third-order valence-electron chi connectivity index (χ3n) is 2.46. The molecule has 2 nitrogen and oxygen atoms in total. The zero-order valence-corrected chi connectivity index (χ0v) is 10.2. The molecule has 2 N–H and O–H groups in total. The second-order valence-electron chi connectivity index (χ2n) is 4.10. The lowest BCUT2D eigenvalue weighted by Gasteiger charge is -2.05. The van der Waals surface area contributed by atoms with E-state index in [1.54, 1.807) is 6.08 Å². The third kappa shape index (κ3) is 6.05. The van der Waals surface area contributed by atoms with Gasteiger partial charge in [-0.1, -0.05) is 54.1 Å². The van der Waals surface area contributed by atoms with E-state index in [0.717, 1.165) is 11.1 Å². The van der Waals surface area contributed by atoms with Gasteiger partial charge in [-0.25, -0.2) is 0 Å². The quantitative estimate of drug-likeness (QED) is 0.740. The van der Waals surface area contributed by atoms with Gasteiger partial charge in [-0.15, -0.1) is 0 Å². The molecular weight excluding hydrogens is 212 g/mol. The molecule has 17 heavy (non-hydrogen) atoms. The number of aliphatic hydroxyl groups excluding tert-OH is 2. The first-order valence-electron chi connectivity index (χ1n) is 5.90. The van der Waals surface area contributed by atoms with Gasteiger partial charge >= 0.3 is 0 Å². The number of benzene rings is 1. The van der Waals surface area contributed by atoms with Gasteiger partial charge < -0.3 is 10.2 Å². The summed E-state index contributed by atoms with van der Waals surface area (Å²) >= 11 is 0. The van der Waals surface area contributed by atoms with E-state index >= 15 is 0 Å². The molecule has 2 heteroatoms. The monoisotopic (exact) mass is 232 g/mol. The van der Waals surface area contributed by atoms with Crippen LogP contribution in [-0.4, -0.2) is 22.9 Å². The second-order valence-corrected chi connectivity index (χ2v) is 4.10. The lowest BCUT2D eigenvalue weighted by atomic mass is 10.1. The maximum absolute atomic E-state index is 9.79. The largest absolute Gasteiger partial charge is 0.396 e. The third-order valence-corrected chi connectivity index (χ3v) is 2.46. The summed E-state index contributed by atoms with van der Waals surface area (Å²) in [5.41, 5.74) is 2.19. The predicted octanol–water partition coefficient (Wildman–Crippen LogP) is 2.78. The molecule has 1 aromatic rings. The van der Waals surface area contributed by atoms with Crippen LogP contribution in [0.1, 0.15) is 25.3 Å². The van der Waals surface area contributed by atoms with Crippen LogP contribution >= 0.6 is 0 Å². The minimum atomic E-state index is -0.467. The zero-order valence-electron chi connectivity index (χ0n) is 10.2. The molecule has 0 bridgehead atoms. The fraction of sp³-hybridized carbons (Fsp3) is 0.333. The van der Waals surface area contributed by atoms with Crippen LogP contribution in [0, 0.1) is 0 Å². The lowest BCUT2D eigenvalue weighted by Crippen LogP contribution is -2.02. The molecule has 0 aliphatic heterocycles. The van der Waals surface area contributed by atoms with Gasteiger partial charge in [0.05, 0.1) is 6.10 Å². The van der Waals surface area contributed by atoms with Crippen molar-refractivity contribution in [1.82, 2.24) is 0 Å². The Hall–Kier alpha value is -1.38. The van der Waals surface area contributed by atoms with Gasteiger partial charge in [0.2, 0.25) is 0 Å². The number of rotatable bonds is 6. The van der Waals surface area contributed by atoms with Crippen LogP contribution in [-0.2, 0) is 0 Å². The van der Waals surface area contributed by atoms with E-state index in [2.05, 4.69) is 0 Å². The Kier molecular flexibility index (Phi) is 6.30. The summed E-state index contributed by atoms with van der Waals surface area (Å²) in [6.07, 6.45) is 6.48. The maximum Gasteiger partial charge on any atom is 0.0761 e. The van der Waals surface area contributed by atoms with Crippen LogP contribution in [0.15, 0.2) is 48.1 Å². The Morgan fingerprint density at radius 2 is 2.00 bits per heavy atom. The van der Waals surface area contributed by atoms with Gasteiger partial charge in [-0.3, -0.25) is 0 Å². The van der Waals surface area contributed by atoms with E-state index < -0.39 is 6.10 Å². The Morgan fingerprint density at radius 1 is 1.29 bits per heavy atom. The van der Waals surface area contributed by atoms with Crippen molar-refractivity contribution in [3.05, 3.63) is 53.6 Å². The second kappa shape index (κ2) is 7.82. The van der Waals surface area contributed by atoms with E-state index in [4.69, 9.17) is 5.11 Å². The highest BCUT2D eigenvalue weighted by Crippen LogP contribution is 2.09. The highest BCUT2D eigenvalue weighted by atomic mass is 16.3. The smallest absolute Gasteiger partial charge is 0.0761 e. The lowest BCUT2D eigenvalue weighted by molar-refractivity contribution is 0.224. The molecule has 0 fully saturated rings. The SMILES string of the molecule is C/C(=C/CCO)C[C@@H](O)/C=C/c1ccccc1. The number of hydrogen-bond donors (Lipinski definition) is 2. The van der Waals surface area contributed by atoms with Crippen molar-refractivity contribution in [1.29, 1.82) is 0 Å². The highest BCUT2D eigenvalue weighted by Gasteiger charge is 1.99. The van der Waals surface area contributed by atoms with Crippen molar-refractivity contribution in [2.45, 2.75) is 25.9 Å². The molecule has 0 aromatic heterocycles. The molecule has 1 aromatic carbocycles. The van der Waals surface area contributed by atoms with E-state index in [9.17, 15) is 5.11 Å². The fourth-order valence-corrected chi connectivity index (χ4v) is 1.58. The molecule has 0 aliphatic carbocycles. The topological polar surface area (TPSA) is 40.5 Å². The fourth-order valence-electron chi connectivity index (χ4n) is 1.58. The minimum absolute atomic E-state index is 0.160. The minimum Gasteiger partial charge on any atom is -0.396 e. The predicted molar refractivity (Wildman–Crippen MR) is 71.6 cm³/mol. The molecule has 92 valence electrons. The average molecular weight is 232 g/mol. The summed E-state index contributed by atoms with van der Waals surface area (Å²) in [6.45, 7) is 2.13. The van der Waals surface area contributed by atoms with E-state index in [-0.39, 0.29) is 6.61 Å². The molecule has 0 spiro atoms. The van der Waals surface area contributed by atoms with E-state index in [1.165, 1.54) is 0 Å². The van der Waals surface area contributed by atoms with Gasteiger partial charge in [0.15, 0.2) is 0 Å². The molecule has 0 saturated carbocycles. The normalized spacial score (nSPS) is 14.2. The standard InChI is InChI=1S/C15H20O2/c1-13(6-5-11-16)12-15(17)10-9-14-7-3-2-4-8-14/h2-4,6-10,15-17H,5,11-12H2,1H3/b10-9+,13-6-/t15-/m0/s1. The van der Waals surface area contributed by atoms with Gasteiger partial charge in [0, 0.05) is 6.61 Å².